The molecule has 4 atom stereocenters. The summed E-state index contributed by atoms with van der Waals surface area (Å²) in [6, 6.07) is 5.65. The van der Waals surface area contributed by atoms with Gasteiger partial charge in [0, 0.05) is 5.69 Å². The normalized spacial score (nSPS) is 27.9. The third kappa shape index (κ3) is 3.08. The summed E-state index contributed by atoms with van der Waals surface area (Å²) in [5.74, 6) is -1.67. The molecule has 0 radical (unpaired) electrons. The molecule has 4 rings (SSSR count). The molecule has 1 saturated heterocycles. The number of carbonyl (C=O) groups excluding carboxylic acids is 4. The van der Waals surface area contributed by atoms with Gasteiger partial charge in [-0.3, -0.25) is 24.1 Å². The molecule has 1 N–H and O–H groups in total. The van der Waals surface area contributed by atoms with Gasteiger partial charge in [-0.1, -0.05) is 18.2 Å². The fraction of sp³-hybridized carbons (Fsp3) is 0.524. The Kier molecular flexibility index (Phi) is 4.69. The van der Waals surface area contributed by atoms with Gasteiger partial charge >= 0.3 is 5.97 Å². The van der Waals surface area contributed by atoms with E-state index in [9.17, 15) is 19.2 Å². The van der Waals surface area contributed by atoms with Crippen LogP contribution in [-0.2, 0) is 23.9 Å². The van der Waals surface area contributed by atoms with Crippen LogP contribution < -0.4 is 5.32 Å². The summed E-state index contributed by atoms with van der Waals surface area (Å²) in [6.45, 7) is 2.88. The maximum atomic E-state index is 12.6. The first-order chi connectivity index (χ1) is 13.4. The first-order valence-corrected chi connectivity index (χ1v) is 9.73. The lowest BCUT2D eigenvalue weighted by Crippen LogP contribution is -2.38. The number of hydrogen-bond donors (Lipinski definition) is 1. The zero-order valence-corrected chi connectivity index (χ0v) is 16.1. The van der Waals surface area contributed by atoms with Crippen LogP contribution in [0.25, 0.3) is 0 Å². The van der Waals surface area contributed by atoms with Crippen LogP contribution >= 0.6 is 0 Å². The van der Waals surface area contributed by atoms with Crippen LogP contribution in [0.2, 0.25) is 0 Å². The number of para-hydroxylation sites is 1. The summed E-state index contributed by atoms with van der Waals surface area (Å²) >= 11 is 0. The summed E-state index contributed by atoms with van der Waals surface area (Å²) in [5.41, 5.74) is 2.51. The Morgan fingerprint density at radius 1 is 1.07 bits per heavy atom. The van der Waals surface area contributed by atoms with E-state index in [0.29, 0.717) is 5.69 Å². The van der Waals surface area contributed by atoms with E-state index in [1.54, 1.807) is 0 Å². The Morgan fingerprint density at radius 3 is 2.21 bits per heavy atom. The van der Waals surface area contributed by atoms with E-state index >= 15 is 0 Å². The molecule has 0 aromatic heterocycles. The van der Waals surface area contributed by atoms with Gasteiger partial charge in [-0.25, -0.2) is 0 Å². The van der Waals surface area contributed by atoms with Gasteiger partial charge in [0.15, 0.2) is 6.61 Å². The summed E-state index contributed by atoms with van der Waals surface area (Å²) in [7, 11) is 0. The second-order valence-corrected chi connectivity index (χ2v) is 8.12. The van der Waals surface area contributed by atoms with Crippen molar-refractivity contribution in [2.45, 2.75) is 33.1 Å². The Balaban J connectivity index is 1.31. The molecule has 0 unspecified atom stereocenters. The van der Waals surface area contributed by atoms with Crippen LogP contribution in [0.1, 0.15) is 30.4 Å². The minimum absolute atomic E-state index is 0.251. The number of amides is 3. The highest BCUT2D eigenvalue weighted by Crippen LogP contribution is 2.56. The number of likely N-dealkylation sites (tertiary alicyclic amines) is 1. The molecule has 1 aliphatic heterocycles. The molecule has 2 saturated carbocycles. The zero-order valence-electron chi connectivity index (χ0n) is 16.1. The number of nitrogens with zero attached hydrogens (tertiary/aromatic N) is 1. The molecule has 3 fully saturated rings. The average Bonchev–Trinajstić information content (AvgIpc) is 3.33. The van der Waals surface area contributed by atoms with E-state index in [0.717, 1.165) is 35.3 Å². The molecule has 3 aliphatic rings. The number of imide groups is 1. The Morgan fingerprint density at radius 2 is 1.64 bits per heavy atom. The van der Waals surface area contributed by atoms with Crippen LogP contribution in [-0.4, -0.2) is 41.7 Å². The van der Waals surface area contributed by atoms with E-state index in [4.69, 9.17) is 4.74 Å². The number of hydrogen-bond acceptors (Lipinski definition) is 5. The molecule has 0 spiro atoms. The topological polar surface area (TPSA) is 92.8 Å². The lowest BCUT2D eigenvalue weighted by molar-refractivity contribution is -0.154. The van der Waals surface area contributed by atoms with Crippen LogP contribution in [0, 0.1) is 37.5 Å². The fourth-order valence-corrected chi connectivity index (χ4v) is 5.13. The fourth-order valence-electron chi connectivity index (χ4n) is 5.13. The van der Waals surface area contributed by atoms with Crippen molar-refractivity contribution in [2.75, 3.05) is 18.5 Å². The molecule has 148 valence electrons. The number of anilines is 1. The van der Waals surface area contributed by atoms with Gasteiger partial charge < -0.3 is 10.1 Å². The highest BCUT2D eigenvalue weighted by atomic mass is 16.5. The number of esters is 1. The lowest BCUT2D eigenvalue weighted by Gasteiger charge is -2.19. The largest absolute Gasteiger partial charge is 0.454 e. The van der Waals surface area contributed by atoms with Crippen molar-refractivity contribution in [3.8, 4) is 0 Å². The monoisotopic (exact) mass is 384 g/mol. The summed E-state index contributed by atoms with van der Waals surface area (Å²) in [4.78, 5) is 50.5. The molecule has 3 amide bonds. The number of fused-ring (bicyclic) bond motifs is 5. The average molecular weight is 384 g/mol. The maximum Gasteiger partial charge on any atom is 0.326 e. The first kappa shape index (κ1) is 18.7. The first-order valence-electron chi connectivity index (χ1n) is 9.73. The van der Waals surface area contributed by atoms with Gasteiger partial charge in [0.1, 0.15) is 6.54 Å². The summed E-state index contributed by atoms with van der Waals surface area (Å²) in [6.07, 6.45) is 2.92. The highest BCUT2D eigenvalue weighted by molar-refractivity contribution is 6.08. The molecule has 7 heteroatoms. The Labute approximate surface area is 163 Å². The van der Waals surface area contributed by atoms with E-state index in [2.05, 4.69) is 5.32 Å². The van der Waals surface area contributed by atoms with E-state index in [-0.39, 0.29) is 35.5 Å². The minimum atomic E-state index is -0.745. The smallest absolute Gasteiger partial charge is 0.326 e. The number of carbonyl (C=O) groups is 4. The summed E-state index contributed by atoms with van der Waals surface area (Å²) < 4.78 is 5.01. The number of rotatable bonds is 5. The molecular formula is C21H24N2O5. The number of aryl methyl sites for hydroxylation is 2. The molecule has 2 bridgehead atoms. The SMILES string of the molecule is Cc1cccc(C)c1NC(=O)COC(=O)CN1C(=O)[C@@H]2[C@H]3CC[C@@H](C3)[C@H]2C1=O. The molecule has 7 nitrogen and oxygen atoms in total. The quantitative estimate of drug-likeness (QED) is 0.617. The van der Waals surface area contributed by atoms with Crippen molar-refractivity contribution in [2.24, 2.45) is 23.7 Å². The van der Waals surface area contributed by atoms with Crippen molar-refractivity contribution >= 4 is 29.4 Å². The predicted octanol–water partition coefficient (Wildman–Crippen LogP) is 1.82. The highest BCUT2D eigenvalue weighted by Gasteiger charge is 2.61. The molecule has 2 aliphatic carbocycles. The Bertz CT molecular complexity index is 816. The summed E-state index contributed by atoms with van der Waals surface area (Å²) in [5, 5.41) is 2.73. The van der Waals surface area contributed by atoms with Crippen molar-refractivity contribution in [1.29, 1.82) is 0 Å². The minimum Gasteiger partial charge on any atom is -0.454 e. The molecule has 28 heavy (non-hydrogen) atoms. The van der Waals surface area contributed by atoms with Crippen LogP contribution in [0.15, 0.2) is 18.2 Å². The van der Waals surface area contributed by atoms with Gasteiger partial charge in [0.2, 0.25) is 11.8 Å². The van der Waals surface area contributed by atoms with Gasteiger partial charge in [-0.15, -0.1) is 0 Å². The van der Waals surface area contributed by atoms with Crippen LogP contribution in [0.4, 0.5) is 5.69 Å². The van der Waals surface area contributed by atoms with Gasteiger partial charge in [0.05, 0.1) is 11.8 Å². The lowest BCUT2D eigenvalue weighted by atomic mass is 9.81. The number of nitrogens with one attached hydrogen (secondary N) is 1. The second-order valence-electron chi connectivity index (χ2n) is 8.12. The standard InChI is InChI=1S/C21H24N2O5/c1-11-4-3-5-12(2)19(11)22-15(24)10-28-16(25)9-23-20(26)17-13-6-7-14(8-13)18(17)21(23)27/h3-5,13-14,17-18H,6-10H2,1-2H3,(H,22,24)/t13-,14-,17+,18+/m0/s1. The Hall–Kier alpha value is -2.70. The predicted molar refractivity (Wildman–Crippen MR) is 100 cm³/mol. The van der Waals surface area contributed by atoms with Gasteiger partial charge in [0.25, 0.3) is 5.91 Å². The third-order valence-corrected chi connectivity index (χ3v) is 6.42. The van der Waals surface area contributed by atoms with Crippen molar-refractivity contribution < 1.29 is 23.9 Å². The zero-order chi connectivity index (χ0) is 20.0. The van der Waals surface area contributed by atoms with Crippen molar-refractivity contribution in [1.82, 2.24) is 4.90 Å². The maximum absolute atomic E-state index is 12.6. The number of benzene rings is 1. The van der Waals surface area contributed by atoms with Crippen LogP contribution in [0.5, 0.6) is 0 Å². The van der Waals surface area contributed by atoms with Crippen molar-refractivity contribution in [3.05, 3.63) is 29.3 Å². The van der Waals surface area contributed by atoms with Crippen molar-refractivity contribution in [3.63, 3.8) is 0 Å². The molecule has 1 heterocycles. The van der Waals surface area contributed by atoms with E-state index < -0.39 is 25.0 Å². The molecule has 1 aromatic carbocycles. The molecule has 1 aromatic rings. The van der Waals surface area contributed by atoms with E-state index in [1.165, 1.54) is 0 Å². The van der Waals surface area contributed by atoms with Gasteiger partial charge in [-0.2, -0.15) is 0 Å². The van der Waals surface area contributed by atoms with Gasteiger partial charge in [-0.05, 0) is 56.1 Å². The molecular weight excluding hydrogens is 360 g/mol. The van der Waals surface area contributed by atoms with Crippen LogP contribution in [0.3, 0.4) is 0 Å². The second kappa shape index (κ2) is 7.04. The third-order valence-electron chi connectivity index (χ3n) is 6.42. The number of ether oxygens (including phenoxy) is 1. The van der Waals surface area contributed by atoms with E-state index in [1.807, 2.05) is 32.0 Å².